The summed E-state index contributed by atoms with van der Waals surface area (Å²) in [5.74, 6) is 0. The average Bonchev–Trinajstić information content (AvgIpc) is 2.16. The van der Waals surface area contributed by atoms with Crippen molar-refractivity contribution >= 4 is 73.0 Å². The van der Waals surface area contributed by atoms with Crippen molar-refractivity contribution in [3.05, 3.63) is 0 Å². The molecule has 90 valence electrons. The van der Waals surface area contributed by atoms with E-state index in [1.807, 2.05) is 0 Å². The molecule has 1 fully saturated rings. The maximum Gasteiger partial charge on any atom is 0.197 e. The maximum atomic E-state index is 3.87. The molecule has 0 unspecified atom stereocenters. The summed E-state index contributed by atoms with van der Waals surface area (Å²) in [5, 5.41) is 0. The van der Waals surface area contributed by atoms with Crippen molar-refractivity contribution in [2.24, 2.45) is 0 Å². The highest BCUT2D eigenvalue weighted by Crippen LogP contribution is 2.17. The average molecular weight is 456 g/mol. The number of hydrogen-bond donors (Lipinski definition) is 3. The summed E-state index contributed by atoms with van der Waals surface area (Å²) in [7, 11) is -4.52. The van der Waals surface area contributed by atoms with Gasteiger partial charge in [-0.25, -0.2) is 0 Å². The van der Waals surface area contributed by atoms with Crippen LogP contribution >= 0.6 is 47.8 Å². The van der Waals surface area contributed by atoms with Crippen molar-refractivity contribution in [1.29, 1.82) is 0 Å². The van der Waals surface area contributed by atoms with E-state index in [1.165, 1.54) is 0 Å². The van der Waals surface area contributed by atoms with E-state index >= 15 is 0 Å². The highest BCUT2D eigenvalue weighted by Gasteiger charge is 2.50. The fraction of sp³-hybridized carbons (Fsp3) is 1.00. The molecule has 0 aromatic rings. The van der Waals surface area contributed by atoms with Crippen LogP contribution in [0.15, 0.2) is 0 Å². The van der Waals surface area contributed by atoms with Crippen molar-refractivity contribution in [1.82, 2.24) is 13.9 Å². The first-order valence-corrected chi connectivity index (χ1v) is 16.3. The predicted octanol–water partition coefficient (Wildman–Crippen LogP) is 1.79. The third-order valence-electron chi connectivity index (χ3n) is 2.46. The zero-order valence-electron chi connectivity index (χ0n) is 9.26. The van der Waals surface area contributed by atoms with Gasteiger partial charge < -0.3 is 13.9 Å². The van der Waals surface area contributed by atoms with E-state index in [0.717, 1.165) is 14.9 Å². The van der Waals surface area contributed by atoms with Crippen LogP contribution in [-0.2, 0) is 0 Å². The molecular weight excluding hydrogens is 438 g/mol. The van der Waals surface area contributed by atoms with Crippen molar-refractivity contribution in [2.75, 3.05) is 14.9 Å². The van der Waals surface area contributed by atoms with Gasteiger partial charge in [-0.2, -0.15) is 0 Å². The quantitative estimate of drug-likeness (QED) is 0.448. The minimum absolute atomic E-state index is 1.06. The lowest BCUT2D eigenvalue weighted by atomic mass is 11.9. The second kappa shape index (κ2) is 5.31. The minimum Gasteiger partial charge on any atom is -0.335 e. The topological polar surface area (TPSA) is 36.1 Å². The van der Waals surface area contributed by atoms with Gasteiger partial charge in [0.05, 0.1) is 0 Å². The van der Waals surface area contributed by atoms with E-state index in [-0.39, 0.29) is 0 Å². The Morgan fingerprint density at radius 2 is 0.867 bits per heavy atom. The fourth-order valence-electron chi connectivity index (χ4n) is 2.12. The third kappa shape index (κ3) is 3.71. The summed E-state index contributed by atoms with van der Waals surface area (Å²) < 4.78 is 11.6. The monoisotopic (exact) mass is 453 g/mol. The van der Waals surface area contributed by atoms with E-state index in [0.29, 0.717) is 0 Å². The number of alkyl halides is 3. The van der Waals surface area contributed by atoms with Crippen LogP contribution in [0, 0.1) is 0 Å². The van der Waals surface area contributed by atoms with Crippen molar-refractivity contribution in [2.45, 2.75) is 19.6 Å². The van der Waals surface area contributed by atoms with Gasteiger partial charge in [-0.1, -0.05) is 47.8 Å². The summed E-state index contributed by atoms with van der Waals surface area (Å²) in [5.41, 5.74) is 0. The molecule has 0 spiro atoms. The summed E-state index contributed by atoms with van der Waals surface area (Å²) in [6.45, 7) is 7.10. The van der Waals surface area contributed by atoms with Gasteiger partial charge in [-0.15, -0.1) is 0 Å². The molecule has 0 amide bonds. The van der Waals surface area contributed by atoms with Crippen LogP contribution in [0.2, 0.25) is 19.6 Å². The summed E-state index contributed by atoms with van der Waals surface area (Å²) in [6, 6.07) is 0. The Hall–Kier alpha value is 1.97. The largest absolute Gasteiger partial charge is 0.335 e. The molecule has 0 aliphatic carbocycles. The lowest BCUT2D eigenvalue weighted by Gasteiger charge is -2.51. The lowest BCUT2D eigenvalue weighted by Crippen LogP contribution is -2.92. The maximum absolute atomic E-state index is 3.87. The van der Waals surface area contributed by atoms with Crippen molar-refractivity contribution in [3.8, 4) is 0 Å². The van der Waals surface area contributed by atoms with E-state index in [2.05, 4.69) is 81.4 Å². The molecule has 1 aliphatic rings. The first kappa shape index (κ1) is 15.0. The highest BCUT2D eigenvalue weighted by molar-refractivity contribution is 9.10. The van der Waals surface area contributed by atoms with E-state index in [4.69, 9.17) is 0 Å². The Morgan fingerprint density at radius 1 is 0.667 bits per heavy atom. The van der Waals surface area contributed by atoms with Crippen LogP contribution in [-0.4, -0.2) is 40.1 Å². The van der Waals surface area contributed by atoms with Gasteiger partial charge in [0.25, 0.3) is 0 Å². The molecule has 0 saturated carbocycles. The second-order valence-corrected chi connectivity index (χ2v) is 21.6. The Morgan fingerprint density at radius 3 is 1.00 bits per heavy atom. The van der Waals surface area contributed by atoms with Crippen LogP contribution in [0.4, 0.5) is 0 Å². The molecule has 1 aliphatic heterocycles. The van der Waals surface area contributed by atoms with Gasteiger partial charge in [0, 0.05) is 14.9 Å². The van der Waals surface area contributed by atoms with Crippen LogP contribution in [0.3, 0.4) is 0 Å². The Bertz CT molecular complexity index is 199. The molecule has 0 aromatic heterocycles. The smallest absolute Gasteiger partial charge is 0.197 e. The zero-order chi connectivity index (χ0) is 11.7. The molecule has 3 N–H and O–H groups in total. The van der Waals surface area contributed by atoms with Gasteiger partial charge in [0.1, 0.15) is 0 Å². The molecule has 1 heterocycles. The SMILES string of the molecule is C[Si]1(CBr)N[Si](C)(CBr)N[Si](C)(CBr)N1. The number of rotatable bonds is 3. The number of nitrogens with one attached hydrogen (secondary N) is 3. The minimum atomic E-state index is -1.51. The van der Waals surface area contributed by atoms with Gasteiger partial charge in [-0.05, 0) is 19.6 Å². The molecule has 15 heavy (non-hydrogen) atoms. The number of hydrogen-bond acceptors (Lipinski definition) is 3. The standard InChI is InChI=1S/C6H18Br3N3Si3/c1-13(4-7)10-14(2,5-8)12-15(3,6-9)11-13/h10-12H,4-6H2,1-3H3. The summed E-state index contributed by atoms with van der Waals surface area (Å²) >= 11 is 11.0. The van der Waals surface area contributed by atoms with Crippen LogP contribution in [0.1, 0.15) is 0 Å². The van der Waals surface area contributed by atoms with E-state index < -0.39 is 25.2 Å². The van der Waals surface area contributed by atoms with Gasteiger partial charge >= 0.3 is 0 Å². The van der Waals surface area contributed by atoms with Crippen molar-refractivity contribution in [3.63, 3.8) is 0 Å². The molecule has 1 saturated heterocycles. The third-order valence-corrected chi connectivity index (χ3v) is 27.4. The first-order valence-electron chi connectivity index (χ1n) is 4.86. The predicted molar refractivity (Wildman–Crippen MR) is 85.6 cm³/mol. The molecule has 0 bridgehead atoms. The summed E-state index contributed by atoms with van der Waals surface area (Å²) in [4.78, 5) is 3.19. The highest BCUT2D eigenvalue weighted by atomic mass is 79.9. The first-order chi connectivity index (χ1) is 6.80. The molecule has 9 heteroatoms. The zero-order valence-corrected chi connectivity index (χ0v) is 17.0. The van der Waals surface area contributed by atoms with Crippen LogP contribution < -0.4 is 13.9 Å². The van der Waals surface area contributed by atoms with Gasteiger partial charge in [0.15, 0.2) is 25.2 Å². The fourth-order valence-corrected chi connectivity index (χ4v) is 28.3. The van der Waals surface area contributed by atoms with Crippen molar-refractivity contribution < 1.29 is 0 Å². The lowest BCUT2D eigenvalue weighted by molar-refractivity contribution is 1.03. The Kier molecular flexibility index (Phi) is 5.32. The molecule has 0 atom stereocenters. The molecular formula is C6H18Br3N3Si3. The second-order valence-electron chi connectivity index (χ2n) is 4.77. The van der Waals surface area contributed by atoms with E-state index in [9.17, 15) is 0 Å². The Balaban J connectivity index is 2.92. The molecule has 0 radical (unpaired) electrons. The number of halogens is 3. The van der Waals surface area contributed by atoms with Gasteiger partial charge in [0.2, 0.25) is 0 Å². The summed E-state index contributed by atoms with van der Waals surface area (Å²) in [6.07, 6.45) is 0. The molecule has 0 aromatic carbocycles. The van der Waals surface area contributed by atoms with E-state index in [1.54, 1.807) is 0 Å². The van der Waals surface area contributed by atoms with Crippen LogP contribution in [0.5, 0.6) is 0 Å². The van der Waals surface area contributed by atoms with Gasteiger partial charge in [-0.3, -0.25) is 0 Å². The molecule has 3 nitrogen and oxygen atoms in total. The Labute approximate surface area is 120 Å². The molecule has 1 rings (SSSR count). The normalized spacial score (nSPS) is 46.8. The van der Waals surface area contributed by atoms with Crippen LogP contribution in [0.25, 0.3) is 0 Å².